The van der Waals surface area contributed by atoms with E-state index in [2.05, 4.69) is 37.6 Å². The summed E-state index contributed by atoms with van der Waals surface area (Å²) in [5, 5.41) is 4.32. The van der Waals surface area contributed by atoms with Crippen molar-refractivity contribution >= 4 is 18.5 Å². The molecular weight excluding hydrogens is 255 g/mol. The fourth-order valence-corrected chi connectivity index (χ4v) is 5.46. The molecule has 1 aliphatic heterocycles. The molecule has 19 heavy (non-hydrogen) atoms. The Kier molecular flexibility index (Phi) is 2.39. The minimum absolute atomic E-state index is 0.0381. The lowest BCUT2D eigenvalue weighted by atomic mass is 9.41. The van der Waals surface area contributed by atoms with Crippen LogP contribution in [-0.2, 0) is 15.6 Å². The van der Waals surface area contributed by atoms with E-state index in [1.54, 1.807) is 11.3 Å². The molecule has 0 N–H and O–H groups in total. The van der Waals surface area contributed by atoms with Gasteiger partial charge in [0.25, 0.3) is 0 Å². The molecule has 3 aliphatic carbocycles. The minimum atomic E-state index is -0.0774. The van der Waals surface area contributed by atoms with Crippen LogP contribution in [0.1, 0.15) is 45.6 Å². The van der Waals surface area contributed by atoms with Crippen LogP contribution in [0, 0.1) is 11.3 Å². The van der Waals surface area contributed by atoms with Gasteiger partial charge in [0, 0.05) is 6.32 Å². The molecule has 5 rings (SSSR count). The maximum atomic E-state index is 6.49. The molecule has 0 amide bonds. The first kappa shape index (κ1) is 12.4. The fraction of sp³-hybridized carbons (Fsp3) is 0.733. The summed E-state index contributed by atoms with van der Waals surface area (Å²) < 4.78 is 12.9. The van der Waals surface area contributed by atoms with Gasteiger partial charge in [0.15, 0.2) is 0 Å². The van der Waals surface area contributed by atoms with Gasteiger partial charge in [0.1, 0.15) is 0 Å². The van der Waals surface area contributed by atoms with Gasteiger partial charge >= 0.3 is 7.12 Å². The summed E-state index contributed by atoms with van der Waals surface area (Å²) in [6, 6.07) is 2.17. The lowest BCUT2D eigenvalue weighted by Crippen LogP contribution is -2.73. The Balaban J connectivity index is 1.61. The molecule has 2 bridgehead atoms. The molecule has 2 nitrogen and oxygen atoms in total. The highest BCUT2D eigenvalue weighted by Crippen LogP contribution is 2.70. The first-order valence-corrected chi connectivity index (χ1v) is 8.28. The number of hydrogen-bond donors (Lipinski definition) is 0. The van der Waals surface area contributed by atoms with Crippen LogP contribution in [0.5, 0.6) is 0 Å². The summed E-state index contributed by atoms with van der Waals surface area (Å²) in [6.07, 6.45) is 4.53. The van der Waals surface area contributed by atoms with Crippen LogP contribution in [0.2, 0.25) is 0 Å². The van der Waals surface area contributed by atoms with Gasteiger partial charge < -0.3 is 9.31 Å². The van der Waals surface area contributed by atoms with Crippen molar-refractivity contribution in [3.05, 3.63) is 22.4 Å². The van der Waals surface area contributed by atoms with Crippen molar-refractivity contribution in [1.82, 2.24) is 0 Å². The average Bonchev–Trinajstić information content (AvgIpc) is 2.94. The smallest absolute Gasteiger partial charge is 0.403 e. The SMILES string of the molecule is CC12CCC3CC1(OB(Cc1ccsc1)O2)C3(C)C. The van der Waals surface area contributed by atoms with E-state index in [1.165, 1.54) is 18.4 Å². The zero-order valence-electron chi connectivity index (χ0n) is 11.9. The lowest BCUT2D eigenvalue weighted by molar-refractivity contribution is -0.257. The molecule has 1 saturated heterocycles. The van der Waals surface area contributed by atoms with Crippen molar-refractivity contribution in [1.29, 1.82) is 0 Å². The second-order valence-electron chi connectivity index (χ2n) is 7.22. The molecule has 4 aliphatic rings. The molecule has 4 heteroatoms. The Bertz CT molecular complexity index is 500. The maximum absolute atomic E-state index is 6.49. The highest BCUT2D eigenvalue weighted by atomic mass is 32.1. The first-order chi connectivity index (χ1) is 8.97. The van der Waals surface area contributed by atoms with Gasteiger partial charge in [-0.2, -0.15) is 11.3 Å². The van der Waals surface area contributed by atoms with Crippen LogP contribution in [0.15, 0.2) is 16.8 Å². The Morgan fingerprint density at radius 2 is 2.21 bits per heavy atom. The van der Waals surface area contributed by atoms with E-state index in [9.17, 15) is 0 Å². The standard InChI is InChI=1S/C15H21BO2S/c1-13(2)12-4-6-14(3)15(13,8-12)18-16(17-14)9-11-5-7-19-10-11/h5,7,10,12H,4,6,8-9H2,1-3H3. The molecule has 102 valence electrons. The van der Waals surface area contributed by atoms with Crippen molar-refractivity contribution in [3.63, 3.8) is 0 Å². The van der Waals surface area contributed by atoms with Gasteiger partial charge in [-0.15, -0.1) is 0 Å². The van der Waals surface area contributed by atoms with Gasteiger partial charge in [-0.3, -0.25) is 0 Å². The Labute approximate surface area is 119 Å². The summed E-state index contributed by atoms with van der Waals surface area (Å²) >= 11 is 1.75. The predicted molar refractivity (Wildman–Crippen MR) is 78.2 cm³/mol. The van der Waals surface area contributed by atoms with Crippen LogP contribution in [-0.4, -0.2) is 18.3 Å². The highest BCUT2D eigenvalue weighted by Gasteiger charge is 2.75. The quantitative estimate of drug-likeness (QED) is 0.767. The molecule has 3 saturated carbocycles. The highest BCUT2D eigenvalue weighted by molar-refractivity contribution is 7.08. The molecule has 2 heterocycles. The van der Waals surface area contributed by atoms with Crippen LogP contribution in [0.3, 0.4) is 0 Å². The van der Waals surface area contributed by atoms with Crippen molar-refractivity contribution in [2.45, 2.75) is 57.6 Å². The average molecular weight is 276 g/mol. The Morgan fingerprint density at radius 1 is 1.37 bits per heavy atom. The van der Waals surface area contributed by atoms with Crippen LogP contribution < -0.4 is 0 Å². The lowest BCUT2D eigenvalue weighted by Gasteiger charge is -2.69. The summed E-state index contributed by atoms with van der Waals surface area (Å²) in [6.45, 7) is 7.02. The molecular formula is C15H21BO2S. The van der Waals surface area contributed by atoms with Crippen LogP contribution >= 0.6 is 11.3 Å². The second-order valence-corrected chi connectivity index (χ2v) is 8.00. The van der Waals surface area contributed by atoms with E-state index in [1.807, 2.05) is 0 Å². The summed E-state index contributed by atoms with van der Waals surface area (Å²) in [7, 11) is -0.0575. The Hall–Kier alpha value is -0.315. The summed E-state index contributed by atoms with van der Waals surface area (Å²) in [4.78, 5) is 0. The van der Waals surface area contributed by atoms with Crippen molar-refractivity contribution in [2.75, 3.05) is 0 Å². The monoisotopic (exact) mass is 276 g/mol. The Morgan fingerprint density at radius 3 is 2.84 bits per heavy atom. The number of rotatable bonds is 2. The predicted octanol–water partition coefficient (Wildman–Crippen LogP) is 3.70. The minimum Gasteiger partial charge on any atom is -0.403 e. The van der Waals surface area contributed by atoms with Gasteiger partial charge in [-0.1, -0.05) is 13.8 Å². The molecule has 1 aromatic rings. The number of hydrogen-bond acceptors (Lipinski definition) is 3. The van der Waals surface area contributed by atoms with E-state index in [0.717, 1.165) is 18.7 Å². The summed E-state index contributed by atoms with van der Waals surface area (Å²) in [5.41, 5.74) is 1.49. The molecule has 1 aromatic heterocycles. The number of thiophene rings is 1. The molecule has 3 unspecified atom stereocenters. The van der Waals surface area contributed by atoms with Crippen LogP contribution in [0.4, 0.5) is 0 Å². The zero-order chi connectivity index (χ0) is 13.3. The van der Waals surface area contributed by atoms with Crippen molar-refractivity contribution in [2.24, 2.45) is 11.3 Å². The third-order valence-electron chi connectivity index (χ3n) is 6.13. The summed E-state index contributed by atoms with van der Waals surface area (Å²) in [5.74, 6) is 0.823. The van der Waals surface area contributed by atoms with Gasteiger partial charge in [0.05, 0.1) is 11.2 Å². The van der Waals surface area contributed by atoms with E-state index >= 15 is 0 Å². The van der Waals surface area contributed by atoms with Crippen molar-refractivity contribution < 1.29 is 9.31 Å². The number of fused-ring (bicyclic) bond motifs is 1. The van der Waals surface area contributed by atoms with E-state index in [-0.39, 0.29) is 23.7 Å². The normalized spacial score (nSPS) is 42.9. The molecule has 1 spiro atoms. The van der Waals surface area contributed by atoms with E-state index in [0.29, 0.717) is 0 Å². The van der Waals surface area contributed by atoms with Gasteiger partial charge in [0.2, 0.25) is 0 Å². The third-order valence-corrected chi connectivity index (χ3v) is 6.86. The second kappa shape index (κ2) is 3.66. The largest absolute Gasteiger partial charge is 0.462 e. The van der Waals surface area contributed by atoms with Gasteiger partial charge in [-0.05, 0) is 59.9 Å². The van der Waals surface area contributed by atoms with E-state index in [4.69, 9.17) is 9.31 Å². The fourth-order valence-electron chi connectivity index (χ4n) is 4.78. The molecule has 0 radical (unpaired) electrons. The topological polar surface area (TPSA) is 18.5 Å². The van der Waals surface area contributed by atoms with Crippen LogP contribution in [0.25, 0.3) is 0 Å². The van der Waals surface area contributed by atoms with Gasteiger partial charge in [-0.25, -0.2) is 0 Å². The third kappa shape index (κ3) is 1.40. The maximum Gasteiger partial charge on any atom is 0.462 e. The van der Waals surface area contributed by atoms with Crippen molar-refractivity contribution in [3.8, 4) is 0 Å². The van der Waals surface area contributed by atoms with E-state index < -0.39 is 0 Å². The molecule has 0 aromatic carbocycles. The first-order valence-electron chi connectivity index (χ1n) is 7.34. The molecule has 3 atom stereocenters. The molecule has 4 fully saturated rings. The zero-order valence-corrected chi connectivity index (χ0v) is 12.8.